The fraction of sp³-hybridized carbons (Fsp3) is 0.360. The molecule has 0 aliphatic carbocycles. The SMILES string of the molecule is CC(=O)c1cccc(C=C(CNC(=O)OCc2ccccc2)B2OC(C)(C)C(C)(C)O2)c1F. The van der Waals surface area contributed by atoms with Gasteiger partial charge in [0, 0.05) is 12.1 Å². The number of hydrogen-bond acceptors (Lipinski definition) is 5. The molecule has 174 valence electrons. The molecule has 1 fully saturated rings. The van der Waals surface area contributed by atoms with Gasteiger partial charge in [-0.3, -0.25) is 4.79 Å². The number of amides is 1. The van der Waals surface area contributed by atoms with Crippen LogP contribution in [0.15, 0.2) is 54.0 Å². The van der Waals surface area contributed by atoms with Crippen molar-refractivity contribution in [3.8, 4) is 0 Å². The molecule has 6 nitrogen and oxygen atoms in total. The van der Waals surface area contributed by atoms with Gasteiger partial charge in [-0.15, -0.1) is 0 Å². The molecule has 0 atom stereocenters. The van der Waals surface area contributed by atoms with E-state index in [2.05, 4.69) is 5.32 Å². The van der Waals surface area contributed by atoms with Crippen molar-refractivity contribution in [3.05, 3.63) is 76.5 Å². The molecule has 0 saturated carbocycles. The van der Waals surface area contributed by atoms with Crippen molar-refractivity contribution in [2.75, 3.05) is 6.54 Å². The summed E-state index contributed by atoms with van der Waals surface area (Å²) >= 11 is 0. The standard InChI is InChI=1S/C25H29BFNO5/c1-17(29)21-13-9-12-19(22(21)27)14-20(26-32-24(2,3)25(4,5)33-26)15-28-23(30)31-16-18-10-7-6-8-11-18/h6-14H,15-16H2,1-5H3,(H,28,30). The van der Waals surface area contributed by atoms with Crippen molar-refractivity contribution >= 4 is 25.1 Å². The van der Waals surface area contributed by atoms with E-state index in [4.69, 9.17) is 14.0 Å². The summed E-state index contributed by atoms with van der Waals surface area (Å²) < 4.78 is 32.4. The highest BCUT2D eigenvalue weighted by molar-refractivity contribution is 6.56. The monoisotopic (exact) mass is 453 g/mol. The summed E-state index contributed by atoms with van der Waals surface area (Å²) in [5.74, 6) is -1.01. The van der Waals surface area contributed by atoms with Crippen LogP contribution in [0.1, 0.15) is 56.1 Å². The third-order valence-electron chi connectivity index (χ3n) is 5.95. The van der Waals surface area contributed by atoms with Crippen LogP contribution in [0.3, 0.4) is 0 Å². The van der Waals surface area contributed by atoms with Crippen LogP contribution in [-0.4, -0.2) is 36.7 Å². The van der Waals surface area contributed by atoms with Crippen molar-refractivity contribution in [1.29, 1.82) is 0 Å². The number of Topliss-reactive ketones (excluding diaryl/α,β-unsaturated/α-hetero) is 1. The van der Waals surface area contributed by atoms with Gasteiger partial charge in [0.05, 0.1) is 16.8 Å². The van der Waals surface area contributed by atoms with Gasteiger partial charge in [0.25, 0.3) is 0 Å². The predicted octanol–water partition coefficient (Wildman–Crippen LogP) is 4.97. The highest BCUT2D eigenvalue weighted by Crippen LogP contribution is 2.38. The van der Waals surface area contributed by atoms with Crippen LogP contribution in [-0.2, 0) is 20.7 Å². The molecule has 2 aromatic carbocycles. The Morgan fingerprint density at radius 1 is 1.03 bits per heavy atom. The molecular weight excluding hydrogens is 424 g/mol. The highest BCUT2D eigenvalue weighted by Gasteiger charge is 2.52. The van der Waals surface area contributed by atoms with Gasteiger partial charge in [-0.05, 0) is 51.7 Å². The zero-order valence-corrected chi connectivity index (χ0v) is 19.6. The Kier molecular flexibility index (Phi) is 7.39. The Morgan fingerprint density at radius 2 is 1.67 bits per heavy atom. The lowest BCUT2D eigenvalue weighted by Gasteiger charge is -2.32. The zero-order valence-electron chi connectivity index (χ0n) is 19.6. The van der Waals surface area contributed by atoms with Gasteiger partial charge in [0.2, 0.25) is 0 Å². The Bertz CT molecular complexity index is 1040. The smallest absolute Gasteiger partial charge is 0.445 e. The molecule has 8 heteroatoms. The molecule has 3 rings (SSSR count). The van der Waals surface area contributed by atoms with Crippen molar-refractivity contribution in [2.24, 2.45) is 0 Å². The van der Waals surface area contributed by atoms with Crippen molar-refractivity contribution in [3.63, 3.8) is 0 Å². The van der Waals surface area contributed by atoms with Gasteiger partial charge < -0.3 is 19.4 Å². The lowest BCUT2D eigenvalue weighted by atomic mass is 9.77. The molecular formula is C25H29BFNO5. The first-order chi connectivity index (χ1) is 15.5. The second-order valence-corrected chi connectivity index (χ2v) is 8.99. The van der Waals surface area contributed by atoms with Crippen LogP contribution < -0.4 is 5.32 Å². The molecule has 0 unspecified atom stereocenters. The fourth-order valence-corrected chi connectivity index (χ4v) is 3.28. The van der Waals surface area contributed by atoms with Gasteiger partial charge >= 0.3 is 13.2 Å². The molecule has 0 radical (unpaired) electrons. The lowest BCUT2D eigenvalue weighted by Crippen LogP contribution is -2.41. The molecule has 1 aliphatic rings. The van der Waals surface area contributed by atoms with Gasteiger partial charge in [0.1, 0.15) is 12.4 Å². The third kappa shape index (κ3) is 5.89. The maximum Gasteiger partial charge on any atom is 0.492 e. The predicted molar refractivity (Wildman–Crippen MR) is 125 cm³/mol. The molecule has 2 aromatic rings. The van der Waals surface area contributed by atoms with Crippen LogP contribution in [0.4, 0.5) is 9.18 Å². The number of benzene rings is 2. The van der Waals surface area contributed by atoms with E-state index >= 15 is 0 Å². The Labute approximate surface area is 194 Å². The topological polar surface area (TPSA) is 73.9 Å². The summed E-state index contributed by atoms with van der Waals surface area (Å²) in [4.78, 5) is 24.0. The van der Waals surface area contributed by atoms with Crippen LogP contribution in [0.25, 0.3) is 6.08 Å². The minimum Gasteiger partial charge on any atom is -0.445 e. The number of hydrogen-bond donors (Lipinski definition) is 1. The van der Waals surface area contributed by atoms with Crippen molar-refractivity contribution < 1.29 is 28.0 Å². The number of halogens is 1. The largest absolute Gasteiger partial charge is 0.492 e. The summed E-state index contributed by atoms with van der Waals surface area (Å²) in [7, 11) is -0.815. The summed E-state index contributed by atoms with van der Waals surface area (Å²) in [5.41, 5.74) is 0.302. The van der Waals surface area contributed by atoms with Crippen LogP contribution in [0.2, 0.25) is 0 Å². The summed E-state index contributed by atoms with van der Waals surface area (Å²) in [6.45, 7) is 9.07. The summed E-state index contributed by atoms with van der Waals surface area (Å²) in [5, 5.41) is 2.68. The lowest BCUT2D eigenvalue weighted by molar-refractivity contribution is 0.00578. The Hall–Kier alpha value is -2.97. The van der Waals surface area contributed by atoms with E-state index < -0.39 is 30.2 Å². The quantitative estimate of drug-likeness (QED) is 0.474. The van der Waals surface area contributed by atoms with E-state index in [9.17, 15) is 14.0 Å². The van der Waals surface area contributed by atoms with E-state index in [-0.39, 0.29) is 30.1 Å². The van der Waals surface area contributed by atoms with Gasteiger partial charge in [-0.25, -0.2) is 9.18 Å². The van der Waals surface area contributed by atoms with Crippen LogP contribution in [0, 0.1) is 5.82 Å². The molecule has 1 saturated heterocycles. The Balaban J connectivity index is 1.81. The average Bonchev–Trinajstić information content (AvgIpc) is 2.98. The van der Waals surface area contributed by atoms with Gasteiger partial charge in [-0.2, -0.15) is 0 Å². The molecule has 1 aliphatic heterocycles. The number of carbonyl (C=O) groups is 2. The number of ketones is 1. The maximum atomic E-state index is 14.9. The molecule has 1 amide bonds. The number of nitrogens with one attached hydrogen (secondary N) is 1. The minimum atomic E-state index is -0.815. The van der Waals surface area contributed by atoms with E-state index in [1.165, 1.54) is 13.0 Å². The molecule has 33 heavy (non-hydrogen) atoms. The minimum absolute atomic E-state index is 0.00718. The molecule has 1 heterocycles. The van der Waals surface area contributed by atoms with E-state index in [1.807, 2.05) is 58.0 Å². The average molecular weight is 453 g/mol. The summed E-state index contributed by atoms with van der Waals surface area (Å²) in [6.07, 6.45) is 0.917. The first kappa shape index (κ1) is 24.7. The van der Waals surface area contributed by atoms with Crippen molar-refractivity contribution in [1.82, 2.24) is 5.32 Å². The first-order valence-corrected chi connectivity index (χ1v) is 10.8. The molecule has 0 bridgehead atoms. The van der Waals surface area contributed by atoms with Crippen LogP contribution in [0.5, 0.6) is 0 Å². The molecule has 0 spiro atoms. The number of rotatable bonds is 7. The van der Waals surface area contributed by atoms with Crippen LogP contribution >= 0.6 is 0 Å². The fourth-order valence-electron chi connectivity index (χ4n) is 3.28. The highest BCUT2D eigenvalue weighted by atomic mass is 19.1. The third-order valence-corrected chi connectivity index (χ3v) is 5.95. The van der Waals surface area contributed by atoms with Gasteiger partial charge in [0.15, 0.2) is 5.78 Å². The Morgan fingerprint density at radius 3 is 2.27 bits per heavy atom. The van der Waals surface area contributed by atoms with E-state index in [1.54, 1.807) is 18.2 Å². The number of carbonyl (C=O) groups excluding carboxylic acids is 2. The van der Waals surface area contributed by atoms with E-state index in [0.29, 0.717) is 5.47 Å². The first-order valence-electron chi connectivity index (χ1n) is 10.8. The molecule has 0 aromatic heterocycles. The van der Waals surface area contributed by atoms with Crippen molar-refractivity contribution in [2.45, 2.75) is 52.4 Å². The summed E-state index contributed by atoms with van der Waals surface area (Å²) in [6, 6.07) is 13.9. The maximum absolute atomic E-state index is 14.9. The molecule has 1 N–H and O–H groups in total. The second kappa shape index (κ2) is 9.89. The zero-order chi connectivity index (χ0) is 24.2. The normalized spacial score (nSPS) is 17.0. The van der Waals surface area contributed by atoms with E-state index in [0.717, 1.165) is 5.56 Å². The second-order valence-electron chi connectivity index (χ2n) is 8.99. The number of alkyl carbamates (subject to hydrolysis) is 1. The number of ether oxygens (including phenoxy) is 1. The van der Waals surface area contributed by atoms with Gasteiger partial charge in [-0.1, -0.05) is 48.5 Å².